The molecule has 10 heteroatoms. The number of carbonyl (C=O) groups is 4. The van der Waals surface area contributed by atoms with Crippen molar-refractivity contribution in [2.24, 2.45) is 0 Å². The third kappa shape index (κ3) is 4.61. The maximum absolute atomic E-state index is 12.5. The summed E-state index contributed by atoms with van der Waals surface area (Å²) in [6, 6.07) is 8.56. The number of ether oxygens (including phenoxy) is 2. The second kappa shape index (κ2) is 8.30. The number of hydrogen-bond acceptors (Lipinski definition) is 7. The number of esters is 1. The summed E-state index contributed by atoms with van der Waals surface area (Å²) in [6.07, 6.45) is 1.48. The molecule has 0 bridgehead atoms. The fraction of sp³-hybridized carbons (Fsp3) is 0.158. The maximum Gasteiger partial charge on any atom is 0.373 e. The van der Waals surface area contributed by atoms with Crippen LogP contribution in [0.25, 0.3) is 6.08 Å². The van der Waals surface area contributed by atoms with Crippen molar-refractivity contribution in [3.63, 3.8) is 0 Å². The first kappa shape index (κ1) is 19.7. The van der Waals surface area contributed by atoms with Gasteiger partial charge in [-0.25, -0.2) is 14.4 Å². The van der Waals surface area contributed by atoms with E-state index in [1.165, 1.54) is 25.3 Å². The number of amides is 3. The summed E-state index contributed by atoms with van der Waals surface area (Å²) in [5.41, 5.74) is 0.665. The van der Waals surface area contributed by atoms with E-state index in [0.717, 1.165) is 4.90 Å². The van der Waals surface area contributed by atoms with Gasteiger partial charge >= 0.3 is 18.0 Å². The van der Waals surface area contributed by atoms with Crippen LogP contribution in [0.3, 0.4) is 0 Å². The zero-order chi connectivity index (χ0) is 21.0. The molecule has 29 heavy (non-hydrogen) atoms. The number of nitrogens with one attached hydrogen (secondary N) is 1. The molecule has 150 valence electrons. The van der Waals surface area contributed by atoms with Crippen LogP contribution in [0.5, 0.6) is 5.75 Å². The van der Waals surface area contributed by atoms with Gasteiger partial charge in [-0.2, -0.15) is 0 Å². The molecule has 1 aliphatic rings. The van der Waals surface area contributed by atoms with Crippen molar-refractivity contribution in [2.45, 2.75) is 6.54 Å². The number of methoxy groups -OCH3 is 1. The van der Waals surface area contributed by atoms with Crippen LogP contribution in [0.15, 0.2) is 46.5 Å². The van der Waals surface area contributed by atoms with E-state index in [9.17, 15) is 19.2 Å². The zero-order valence-corrected chi connectivity index (χ0v) is 15.2. The van der Waals surface area contributed by atoms with E-state index in [1.54, 1.807) is 24.3 Å². The molecule has 1 aliphatic heterocycles. The highest BCUT2D eigenvalue weighted by Gasteiger charge is 2.34. The fourth-order valence-corrected chi connectivity index (χ4v) is 2.52. The summed E-state index contributed by atoms with van der Waals surface area (Å²) in [5.74, 6) is -1.74. The molecule has 0 saturated carbocycles. The largest absolute Gasteiger partial charge is 0.482 e. The molecule has 2 heterocycles. The topological polar surface area (TPSA) is 135 Å². The minimum Gasteiger partial charge on any atom is -0.482 e. The first-order chi connectivity index (χ1) is 13.9. The minimum atomic E-state index is -1.09. The summed E-state index contributed by atoms with van der Waals surface area (Å²) in [6.45, 7) is -0.616. The van der Waals surface area contributed by atoms with Gasteiger partial charge in [0.1, 0.15) is 17.2 Å². The molecule has 0 aliphatic carbocycles. The Morgan fingerprint density at radius 3 is 2.55 bits per heavy atom. The summed E-state index contributed by atoms with van der Waals surface area (Å²) < 4.78 is 14.9. The van der Waals surface area contributed by atoms with Gasteiger partial charge in [-0.15, -0.1) is 0 Å². The van der Waals surface area contributed by atoms with Gasteiger partial charge in [0.25, 0.3) is 5.91 Å². The Morgan fingerprint density at radius 2 is 1.90 bits per heavy atom. The monoisotopic (exact) mass is 400 g/mol. The summed E-state index contributed by atoms with van der Waals surface area (Å²) in [5, 5.41) is 11.1. The number of benzene rings is 1. The number of nitrogens with zero attached hydrogens (tertiary/aromatic N) is 1. The van der Waals surface area contributed by atoms with Crippen LogP contribution >= 0.6 is 0 Å². The number of urea groups is 1. The molecule has 1 aromatic carbocycles. The Balaban J connectivity index is 1.68. The third-order valence-corrected chi connectivity index (χ3v) is 3.88. The lowest BCUT2D eigenvalue weighted by molar-refractivity contribution is -0.139. The summed E-state index contributed by atoms with van der Waals surface area (Å²) in [7, 11) is 1.21. The molecule has 10 nitrogen and oxygen atoms in total. The van der Waals surface area contributed by atoms with Crippen LogP contribution in [-0.4, -0.2) is 47.6 Å². The van der Waals surface area contributed by atoms with Crippen LogP contribution in [0.2, 0.25) is 0 Å². The van der Waals surface area contributed by atoms with Gasteiger partial charge in [0.15, 0.2) is 6.61 Å². The van der Waals surface area contributed by atoms with Crippen molar-refractivity contribution in [3.05, 3.63) is 59.2 Å². The number of imide groups is 1. The van der Waals surface area contributed by atoms with Crippen molar-refractivity contribution < 1.29 is 38.2 Å². The van der Waals surface area contributed by atoms with Gasteiger partial charge in [0.2, 0.25) is 5.76 Å². The van der Waals surface area contributed by atoms with Gasteiger partial charge < -0.3 is 24.3 Å². The van der Waals surface area contributed by atoms with E-state index in [4.69, 9.17) is 14.3 Å². The molecule has 1 aromatic heterocycles. The van der Waals surface area contributed by atoms with Gasteiger partial charge in [-0.1, -0.05) is 12.1 Å². The zero-order valence-electron chi connectivity index (χ0n) is 15.2. The quantitative estimate of drug-likeness (QED) is 0.407. The van der Waals surface area contributed by atoms with E-state index in [2.05, 4.69) is 10.1 Å². The number of hydrogen-bond donors (Lipinski definition) is 2. The van der Waals surface area contributed by atoms with Crippen molar-refractivity contribution in [3.8, 4) is 5.75 Å². The predicted molar refractivity (Wildman–Crippen MR) is 96.7 cm³/mol. The number of carboxylic acid groups (broad SMARTS) is 1. The molecule has 3 rings (SSSR count). The molecular formula is C19H16N2O8. The summed E-state index contributed by atoms with van der Waals surface area (Å²) >= 11 is 0. The highest BCUT2D eigenvalue weighted by atomic mass is 16.5. The van der Waals surface area contributed by atoms with Crippen molar-refractivity contribution in [1.82, 2.24) is 10.2 Å². The molecule has 1 fully saturated rings. The minimum absolute atomic E-state index is 0.0319. The normalized spacial score (nSPS) is 14.8. The van der Waals surface area contributed by atoms with Gasteiger partial charge in [0.05, 0.1) is 13.7 Å². The molecule has 2 N–H and O–H groups in total. The lowest BCUT2D eigenvalue weighted by Gasteiger charge is -2.09. The highest BCUT2D eigenvalue weighted by molar-refractivity contribution is 6.13. The lowest BCUT2D eigenvalue weighted by atomic mass is 10.2. The van der Waals surface area contributed by atoms with Crippen molar-refractivity contribution in [1.29, 1.82) is 0 Å². The Hall–Kier alpha value is -4.08. The average molecular weight is 400 g/mol. The fourth-order valence-electron chi connectivity index (χ4n) is 2.52. The molecule has 0 unspecified atom stereocenters. The first-order valence-corrected chi connectivity index (χ1v) is 8.33. The molecule has 0 spiro atoms. The maximum atomic E-state index is 12.5. The number of carbonyl (C=O) groups excluding carboxylic acids is 3. The third-order valence-electron chi connectivity index (χ3n) is 3.88. The van der Waals surface area contributed by atoms with E-state index in [1.807, 2.05) is 0 Å². The highest BCUT2D eigenvalue weighted by Crippen LogP contribution is 2.20. The first-order valence-electron chi connectivity index (χ1n) is 8.33. The van der Waals surface area contributed by atoms with E-state index >= 15 is 0 Å². The molecule has 2 aromatic rings. The van der Waals surface area contributed by atoms with E-state index < -0.39 is 30.5 Å². The van der Waals surface area contributed by atoms with Gasteiger partial charge in [-0.3, -0.25) is 9.69 Å². The average Bonchev–Trinajstić information content (AvgIpc) is 3.27. The molecule has 1 saturated heterocycles. The van der Waals surface area contributed by atoms with Crippen LogP contribution < -0.4 is 10.1 Å². The summed E-state index contributed by atoms with van der Waals surface area (Å²) in [4.78, 5) is 47.5. The Bertz CT molecular complexity index is 990. The van der Waals surface area contributed by atoms with E-state index in [0.29, 0.717) is 11.3 Å². The Morgan fingerprint density at radius 1 is 1.17 bits per heavy atom. The molecule has 0 radical (unpaired) electrons. The lowest BCUT2D eigenvalue weighted by Crippen LogP contribution is -2.30. The number of carboxylic acids is 1. The molecular weight excluding hydrogens is 384 g/mol. The SMILES string of the molecule is COC(=O)c1ccc(CN2C(=O)N/C(=C\c3ccc(OCC(=O)O)cc3)C2=O)o1. The number of rotatable bonds is 7. The van der Waals surface area contributed by atoms with Crippen LogP contribution in [-0.2, 0) is 20.9 Å². The second-order valence-corrected chi connectivity index (χ2v) is 5.89. The smallest absolute Gasteiger partial charge is 0.373 e. The van der Waals surface area contributed by atoms with Gasteiger partial charge in [-0.05, 0) is 35.9 Å². The predicted octanol–water partition coefficient (Wildman–Crippen LogP) is 1.62. The standard InChI is InChI=1S/C19H16N2O8/c1-27-18(25)15-7-6-13(29-15)9-21-17(24)14(20-19(21)26)8-11-2-4-12(5-3-11)28-10-16(22)23/h2-8H,9-10H2,1H3,(H,20,26)(H,22,23)/b14-8-. The molecule has 0 atom stereocenters. The Kier molecular flexibility index (Phi) is 5.63. The van der Waals surface area contributed by atoms with Crippen LogP contribution in [0.4, 0.5) is 4.79 Å². The van der Waals surface area contributed by atoms with E-state index in [-0.39, 0.29) is 23.8 Å². The van der Waals surface area contributed by atoms with Gasteiger partial charge in [0, 0.05) is 0 Å². The number of furan rings is 1. The van der Waals surface area contributed by atoms with Crippen LogP contribution in [0.1, 0.15) is 21.9 Å². The Labute approximate surface area is 164 Å². The van der Waals surface area contributed by atoms with Crippen LogP contribution in [0, 0.1) is 0 Å². The van der Waals surface area contributed by atoms with Crippen molar-refractivity contribution in [2.75, 3.05) is 13.7 Å². The van der Waals surface area contributed by atoms with Crippen molar-refractivity contribution >= 4 is 30.0 Å². The second-order valence-electron chi connectivity index (χ2n) is 5.89. The number of aliphatic carboxylic acids is 1. The molecule has 3 amide bonds.